The van der Waals surface area contributed by atoms with E-state index in [2.05, 4.69) is 20.7 Å². The molecule has 9 heteroatoms. The quantitative estimate of drug-likeness (QED) is 0.439. The topological polar surface area (TPSA) is 85.8 Å². The summed E-state index contributed by atoms with van der Waals surface area (Å²) in [5, 5.41) is 16.1. The van der Waals surface area contributed by atoms with Crippen molar-refractivity contribution in [1.82, 2.24) is 25.2 Å². The number of hydrogen-bond donors (Lipinski definition) is 1. The summed E-state index contributed by atoms with van der Waals surface area (Å²) in [7, 11) is 0. The van der Waals surface area contributed by atoms with Crippen LogP contribution in [0.1, 0.15) is 21.9 Å². The van der Waals surface area contributed by atoms with E-state index in [1.807, 2.05) is 41.2 Å². The van der Waals surface area contributed by atoms with Crippen LogP contribution < -0.4 is 5.32 Å². The average molecular weight is 438 g/mol. The SMILES string of the molecule is CSc1nnc(CCNC(=O)c2c(-c3ccccc3)noc2C)n1-c1ccc(F)cc1. The molecule has 0 bridgehead atoms. The number of benzene rings is 2. The van der Waals surface area contributed by atoms with E-state index >= 15 is 0 Å². The summed E-state index contributed by atoms with van der Waals surface area (Å²) in [6, 6.07) is 15.6. The molecule has 0 aliphatic rings. The second-order valence-electron chi connectivity index (χ2n) is 6.75. The Balaban J connectivity index is 1.50. The van der Waals surface area contributed by atoms with Gasteiger partial charge in [0, 0.05) is 24.2 Å². The first-order valence-electron chi connectivity index (χ1n) is 9.62. The maximum absolute atomic E-state index is 13.3. The largest absolute Gasteiger partial charge is 0.360 e. The van der Waals surface area contributed by atoms with Crippen LogP contribution in [-0.4, -0.2) is 38.6 Å². The molecule has 1 N–H and O–H groups in total. The van der Waals surface area contributed by atoms with E-state index in [4.69, 9.17) is 4.52 Å². The maximum Gasteiger partial charge on any atom is 0.257 e. The number of aryl methyl sites for hydroxylation is 1. The summed E-state index contributed by atoms with van der Waals surface area (Å²) >= 11 is 1.44. The molecule has 0 spiro atoms. The van der Waals surface area contributed by atoms with Crippen molar-refractivity contribution >= 4 is 17.7 Å². The minimum Gasteiger partial charge on any atom is -0.360 e. The summed E-state index contributed by atoms with van der Waals surface area (Å²) in [5.41, 5.74) is 2.49. The van der Waals surface area contributed by atoms with Gasteiger partial charge in [0.2, 0.25) is 0 Å². The van der Waals surface area contributed by atoms with Crippen LogP contribution in [-0.2, 0) is 6.42 Å². The van der Waals surface area contributed by atoms with Crippen molar-refractivity contribution in [3.8, 4) is 16.9 Å². The number of hydrogen-bond acceptors (Lipinski definition) is 6. The predicted octanol–water partition coefficient (Wildman–Crippen LogP) is 4.06. The fraction of sp³-hybridized carbons (Fsp3) is 0.182. The zero-order chi connectivity index (χ0) is 21.8. The van der Waals surface area contributed by atoms with Gasteiger partial charge in [0.1, 0.15) is 28.7 Å². The van der Waals surface area contributed by atoms with E-state index in [1.165, 1.54) is 23.9 Å². The van der Waals surface area contributed by atoms with Crippen molar-refractivity contribution in [2.24, 2.45) is 0 Å². The van der Waals surface area contributed by atoms with Crippen molar-refractivity contribution in [3.63, 3.8) is 0 Å². The molecule has 1 amide bonds. The molecule has 7 nitrogen and oxygen atoms in total. The van der Waals surface area contributed by atoms with Crippen LogP contribution >= 0.6 is 11.8 Å². The number of thioether (sulfide) groups is 1. The van der Waals surface area contributed by atoms with Crippen LogP contribution in [0.25, 0.3) is 16.9 Å². The van der Waals surface area contributed by atoms with Crippen LogP contribution in [0.3, 0.4) is 0 Å². The Hall–Kier alpha value is -3.46. The van der Waals surface area contributed by atoms with Gasteiger partial charge < -0.3 is 9.84 Å². The molecule has 4 rings (SSSR count). The minimum atomic E-state index is -0.311. The van der Waals surface area contributed by atoms with Gasteiger partial charge >= 0.3 is 0 Å². The summed E-state index contributed by atoms with van der Waals surface area (Å²) in [6.07, 6.45) is 2.34. The molecule has 0 atom stereocenters. The van der Waals surface area contributed by atoms with Crippen molar-refractivity contribution in [2.75, 3.05) is 12.8 Å². The number of nitrogens with zero attached hydrogens (tertiary/aromatic N) is 4. The molecule has 2 aromatic heterocycles. The van der Waals surface area contributed by atoms with E-state index in [9.17, 15) is 9.18 Å². The number of rotatable bonds is 7. The van der Waals surface area contributed by atoms with Gasteiger partial charge in [0.25, 0.3) is 5.91 Å². The van der Waals surface area contributed by atoms with Gasteiger partial charge in [-0.25, -0.2) is 4.39 Å². The van der Waals surface area contributed by atoms with Crippen LogP contribution in [0.4, 0.5) is 4.39 Å². The van der Waals surface area contributed by atoms with Crippen molar-refractivity contribution < 1.29 is 13.7 Å². The van der Waals surface area contributed by atoms with E-state index in [1.54, 1.807) is 19.1 Å². The van der Waals surface area contributed by atoms with E-state index in [-0.39, 0.29) is 11.7 Å². The molecule has 31 heavy (non-hydrogen) atoms. The summed E-state index contributed by atoms with van der Waals surface area (Å²) < 4.78 is 20.4. The van der Waals surface area contributed by atoms with E-state index < -0.39 is 0 Å². The van der Waals surface area contributed by atoms with Gasteiger partial charge in [0.05, 0.1) is 0 Å². The molecule has 0 aliphatic carbocycles. The first-order valence-corrected chi connectivity index (χ1v) is 10.8. The highest BCUT2D eigenvalue weighted by molar-refractivity contribution is 7.98. The smallest absolute Gasteiger partial charge is 0.257 e. The molecule has 0 saturated heterocycles. The van der Waals surface area contributed by atoms with Gasteiger partial charge in [-0.3, -0.25) is 9.36 Å². The number of halogens is 1. The predicted molar refractivity (Wildman–Crippen MR) is 116 cm³/mol. The Morgan fingerprint density at radius 2 is 1.87 bits per heavy atom. The lowest BCUT2D eigenvalue weighted by atomic mass is 10.1. The van der Waals surface area contributed by atoms with Crippen LogP contribution in [0, 0.1) is 12.7 Å². The molecule has 4 aromatic rings. The Labute approximate surface area is 182 Å². The first kappa shape index (κ1) is 20.8. The number of amides is 1. The lowest BCUT2D eigenvalue weighted by Gasteiger charge is -2.10. The van der Waals surface area contributed by atoms with E-state index in [0.717, 1.165) is 11.3 Å². The van der Waals surface area contributed by atoms with Crippen LogP contribution in [0.5, 0.6) is 0 Å². The number of nitrogens with one attached hydrogen (secondary N) is 1. The third-order valence-corrected chi connectivity index (χ3v) is 5.37. The van der Waals surface area contributed by atoms with Crippen LogP contribution in [0.15, 0.2) is 64.3 Å². The van der Waals surface area contributed by atoms with Gasteiger partial charge in [0.15, 0.2) is 5.16 Å². The maximum atomic E-state index is 13.3. The molecular formula is C22H20FN5O2S. The first-order chi connectivity index (χ1) is 15.1. The molecule has 2 aromatic carbocycles. The summed E-state index contributed by atoms with van der Waals surface area (Å²) in [4.78, 5) is 12.9. The standard InChI is InChI=1S/C22H20FN5O2S/c1-14-19(20(27-30-14)15-6-4-3-5-7-15)21(29)24-13-12-18-25-26-22(31-2)28(18)17-10-8-16(23)9-11-17/h3-11H,12-13H2,1-2H3,(H,24,29). The highest BCUT2D eigenvalue weighted by atomic mass is 32.2. The normalized spacial score (nSPS) is 10.9. The van der Waals surface area contributed by atoms with Gasteiger partial charge in [-0.05, 0) is 37.4 Å². The van der Waals surface area contributed by atoms with Gasteiger partial charge in [-0.1, -0.05) is 47.3 Å². The molecule has 158 valence electrons. The second-order valence-corrected chi connectivity index (χ2v) is 7.52. The Morgan fingerprint density at radius 1 is 1.13 bits per heavy atom. The number of carbonyl (C=O) groups excluding carboxylic acids is 1. The average Bonchev–Trinajstić information content (AvgIpc) is 3.38. The third-order valence-electron chi connectivity index (χ3n) is 4.74. The molecular weight excluding hydrogens is 417 g/mol. The second kappa shape index (κ2) is 9.13. The molecule has 0 fully saturated rings. The molecule has 0 radical (unpaired) electrons. The zero-order valence-corrected chi connectivity index (χ0v) is 17.8. The molecule has 2 heterocycles. The summed E-state index contributed by atoms with van der Waals surface area (Å²) in [5.74, 6) is 0.544. The number of aromatic nitrogens is 4. The van der Waals surface area contributed by atoms with Crippen LogP contribution in [0.2, 0.25) is 0 Å². The zero-order valence-electron chi connectivity index (χ0n) is 17.0. The minimum absolute atomic E-state index is 0.268. The summed E-state index contributed by atoms with van der Waals surface area (Å²) in [6.45, 7) is 2.05. The van der Waals surface area contributed by atoms with Gasteiger partial charge in [-0.15, -0.1) is 10.2 Å². The third kappa shape index (κ3) is 4.36. The molecule has 0 unspecified atom stereocenters. The fourth-order valence-corrected chi connectivity index (χ4v) is 3.77. The highest BCUT2D eigenvalue weighted by Gasteiger charge is 2.21. The molecule has 0 aliphatic heterocycles. The monoisotopic (exact) mass is 437 g/mol. The fourth-order valence-electron chi connectivity index (χ4n) is 3.25. The van der Waals surface area contributed by atoms with Crippen molar-refractivity contribution in [1.29, 1.82) is 0 Å². The lowest BCUT2D eigenvalue weighted by molar-refractivity contribution is 0.0953. The van der Waals surface area contributed by atoms with E-state index in [0.29, 0.717) is 41.0 Å². The Kier molecular flexibility index (Phi) is 6.13. The Bertz CT molecular complexity index is 1190. The lowest BCUT2D eigenvalue weighted by Crippen LogP contribution is -2.27. The Morgan fingerprint density at radius 3 is 2.58 bits per heavy atom. The van der Waals surface area contributed by atoms with Crippen molar-refractivity contribution in [2.45, 2.75) is 18.5 Å². The number of carbonyl (C=O) groups is 1. The van der Waals surface area contributed by atoms with Gasteiger partial charge in [-0.2, -0.15) is 0 Å². The van der Waals surface area contributed by atoms with Crippen molar-refractivity contribution in [3.05, 3.63) is 77.6 Å². The highest BCUT2D eigenvalue weighted by Crippen LogP contribution is 2.25. The molecule has 0 saturated carbocycles.